The SMILES string of the molecule is CS(=O)(=O)Nc1cccc(NCC(=O)N/N=C/c2c(Cl)cncc2Cl)c1. The first-order valence-electron chi connectivity index (χ1n) is 7.17. The molecule has 0 unspecified atom stereocenters. The zero-order valence-corrected chi connectivity index (χ0v) is 15.9. The number of nitrogens with zero attached hydrogens (tertiary/aromatic N) is 2. The van der Waals surface area contributed by atoms with E-state index in [0.29, 0.717) is 27.0 Å². The van der Waals surface area contributed by atoms with Gasteiger partial charge in [0.1, 0.15) is 0 Å². The summed E-state index contributed by atoms with van der Waals surface area (Å²) < 4.78 is 24.8. The number of halogens is 2. The number of rotatable bonds is 7. The first-order valence-corrected chi connectivity index (χ1v) is 9.82. The van der Waals surface area contributed by atoms with Crippen molar-refractivity contribution in [2.45, 2.75) is 0 Å². The Kier molecular flexibility index (Phi) is 6.78. The van der Waals surface area contributed by atoms with Gasteiger partial charge in [0.15, 0.2) is 0 Å². The second-order valence-electron chi connectivity index (χ2n) is 5.12. The zero-order valence-electron chi connectivity index (χ0n) is 13.5. The summed E-state index contributed by atoms with van der Waals surface area (Å²) in [5.74, 6) is -0.413. The zero-order chi connectivity index (χ0) is 19.2. The molecule has 2 rings (SSSR count). The number of nitrogens with one attached hydrogen (secondary N) is 3. The Morgan fingerprint density at radius 2 is 1.88 bits per heavy atom. The van der Waals surface area contributed by atoms with E-state index in [1.807, 2.05) is 0 Å². The first-order chi connectivity index (χ1) is 12.2. The topological polar surface area (TPSA) is 113 Å². The average Bonchev–Trinajstić information content (AvgIpc) is 2.54. The van der Waals surface area contributed by atoms with Crippen molar-refractivity contribution in [1.82, 2.24) is 10.4 Å². The molecule has 0 aliphatic rings. The molecule has 0 aliphatic carbocycles. The quantitative estimate of drug-likeness (QED) is 0.474. The predicted molar refractivity (Wildman–Crippen MR) is 103 cm³/mol. The molecule has 0 spiro atoms. The second-order valence-corrected chi connectivity index (χ2v) is 7.68. The van der Waals surface area contributed by atoms with Crippen molar-refractivity contribution < 1.29 is 13.2 Å². The fourth-order valence-corrected chi connectivity index (χ4v) is 2.86. The van der Waals surface area contributed by atoms with Crippen LogP contribution in [-0.2, 0) is 14.8 Å². The molecule has 1 aromatic heterocycles. The molecule has 0 bridgehead atoms. The Balaban J connectivity index is 1.89. The molecule has 0 aliphatic heterocycles. The van der Waals surface area contributed by atoms with Gasteiger partial charge in [-0.1, -0.05) is 29.3 Å². The minimum absolute atomic E-state index is 0.0719. The van der Waals surface area contributed by atoms with E-state index in [1.165, 1.54) is 18.6 Å². The van der Waals surface area contributed by atoms with Gasteiger partial charge in [0.25, 0.3) is 5.91 Å². The standard InChI is InChI=1S/C15H15Cl2N5O3S/c1-26(24,25)22-11-4-2-3-10(5-11)19-9-15(23)21-20-6-12-13(16)7-18-8-14(12)17/h2-8,19,22H,9H2,1H3,(H,21,23)/b20-6+. The summed E-state index contributed by atoms with van der Waals surface area (Å²) in [4.78, 5) is 15.6. The Labute approximate surface area is 160 Å². The monoisotopic (exact) mass is 415 g/mol. The molecule has 8 nitrogen and oxygen atoms in total. The number of sulfonamides is 1. The lowest BCUT2D eigenvalue weighted by molar-refractivity contribution is -0.119. The molecule has 0 atom stereocenters. The van der Waals surface area contributed by atoms with Gasteiger partial charge in [-0.25, -0.2) is 13.8 Å². The summed E-state index contributed by atoms with van der Waals surface area (Å²) in [5, 5.41) is 7.27. The van der Waals surface area contributed by atoms with Crippen LogP contribution in [0, 0.1) is 0 Å². The lowest BCUT2D eigenvalue weighted by atomic mass is 10.3. The normalized spacial score (nSPS) is 11.3. The number of hydrogen-bond acceptors (Lipinski definition) is 6. The van der Waals surface area contributed by atoms with E-state index in [4.69, 9.17) is 23.2 Å². The number of amides is 1. The lowest BCUT2D eigenvalue weighted by Gasteiger charge is -2.08. The Morgan fingerprint density at radius 3 is 2.54 bits per heavy atom. The van der Waals surface area contributed by atoms with E-state index in [0.717, 1.165) is 6.26 Å². The van der Waals surface area contributed by atoms with E-state index < -0.39 is 15.9 Å². The van der Waals surface area contributed by atoms with Gasteiger partial charge in [-0.05, 0) is 18.2 Å². The molecule has 2 aromatic rings. The Hall–Kier alpha value is -2.36. The number of benzene rings is 1. The van der Waals surface area contributed by atoms with E-state index in [2.05, 4.69) is 25.6 Å². The van der Waals surface area contributed by atoms with Crippen LogP contribution in [0.5, 0.6) is 0 Å². The molecule has 0 radical (unpaired) electrons. The molecule has 3 N–H and O–H groups in total. The maximum Gasteiger partial charge on any atom is 0.259 e. The van der Waals surface area contributed by atoms with E-state index in [1.54, 1.807) is 24.3 Å². The van der Waals surface area contributed by atoms with Crippen LogP contribution in [0.2, 0.25) is 10.0 Å². The van der Waals surface area contributed by atoms with Gasteiger partial charge in [0, 0.05) is 23.6 Å². The maximum absolute atomic E-state index is 11.8. The molecule has 0 saturated carbocycles. The Morgan fingerprint density at radius 1 is 1.23 bits per heavy atom. The van der Waals surface area contributed by atoms with Crippen molar-refractivity contribution in [1.29, 1.82) is 0 Å². The molecule has 0 fully saturated rings. The van der Waals surface area contributed by atoms with Crippen LogP contribution in [-0.4, -0.2) is 38.3 Å². The molecule has 1 aromatic carbocycles. The van der Waals surface area contributed by atoms with Crippen LogP contribution in [0.4, 0.5) is 11.4 Å². The highest BCUT2D eigenvalue weighted by Gasteiger charge is 2.05. The van der Waals surface area contributed by atoms with Crippen LogP contribution < -0.4 is 15.5 Å². The van der Waals surface area contributed by atoms with Gasteiger partial charge in [-0.3, -0.25) is 14.5 Å². The van der Waals surface area contributed by atoms with Crippen molar-refractivity contribution in [2.75, 3.05) is 22.8 Å². The number of carbonyl (C=O) groups is 1. The van der Waals surface area contributed by atoms with Gasteiger partial charge >= 0.3 is 0 Å². The number of carbonyl (C=O) groups excluding carboxylic acids is 1. The number of hydrazone groups is 1. The lowest BCUT2D eigenvalue weighted by Crippen LogP contribution is -2.26. The molecular formula is C15H15Cl2N5O3S. The van der Waals surface area contributed by atoms with Crippen LogP contribution in [0.25, 0.3) is 0 Å². The van der Waals surface area contributed by atoms with Crippen LogP contribution in [0.15, 0.2) is 41.8 Å². The highest BCUT2D eigenvalue weighted by atomic mass is 35.5. The van der Waals surface area contributed by atoms with Crippen molar-refractivity contribution in [3.63, 3.8) is 0 Å². The van der Waals surface area contributed by atoms with Gasteiger partial charge < -0.3 is 5.32 Å². The van der Waals surface area contributed by atoms with Gasteiger partial charge in [-0.15, -0.1) is 0 Å². The third-order valence-electron chi connectivity index (χ3n) is 2.89. The van der Waals surface area contributed by atoms with Gasteiger partial charge in [0.2, 0.25) is 10.0 Å². The van der Waals surface area contributed by atoms with Crippen LogP contribution in [0.1, 0.15) is 5.56 Å². The summed E-state index contributed by atoms with van der Waals surface area (Å²) in [7, 11) is -3.37. The average molecular weight is 416 g/mol. The Bertz CT molecular complexity index is 914. The predicted octanol–water partition coefficient (Wildman–Crippen LogP) is 2.32. The van der Waals surface area contributed by atoms with Crippen molar-refractivity contribution in [3.05, 3.63) is 52.3 Å². The summed E-state index contributed by atoms with van der Waals surface area (Å²) in [6, 6.07) is 6.51. The highest BCUT2D eigenvalue weighted by Crippen LogP contribution is 2.20. The summed E-state index contributed by atoms with van der Waals surface area (Å²) >= 11 is 11.9. The molecule has 11 heteroatoms. The first kappa shape index (κ1) is 20.0. The number of anilines is 2. The van der Waals surface area contributed by atoms with Crippen LogP contribution in [0.3, 0.4) is 0 Å². The molecule has 138 valence electrons. The van der Waals surface area contributed by atoms with E-state index in [-0.39, 0.29) is 6.54 Å². The summed E-state index contributed by atoms with van der Waals surface area (Å²) in [5.41, 5.74) is 3.72. The van der Waals surface area contributed by atoms with Gasteiger partial charge in [0.05, 0.1) is 34.7 Å². The van der Waals surface area contributed by atoms with Crippen molar-refractivity contribution in [3.8, 4) is 0 Å². The molecule has 1 amide bonds. The molecular weight excluding hydrogens is 401 g/mol. The molecule has 26 heavy (non-hydrogen) atoms. The third kappa shape index (κ3) is 6.51. The summed E-state index contributed by atoms with van der Waals surface area (Å²) in [6.45, 7) is -0.0719. The second kappa shape index (κ2) is 8.84. The minimum Gasteiger partial charge on any atom is -0.376 e. The smallest absolute Gasteiger partial charge is 0.259 e. The van der Waals surface area contributed by atoms with E-state index >= 15 is 0 Å². The number of pyridine rings is 1. The van der Waals surface area contributed by atoms with Gasteiger partial charge in [-0.2, -0.15) is 5.10 Å². The number of aromatic nitrogens is 1. The van der Waals surface area contributed by atoms with Crippen LogP contribution >= 0.6 is 23.2 Å². The molecule has 1 heterocycles. The largest absolute Gasteiger partial charge is 0.376 e. The maximum atomic E-state index is 11.8. The fraction of sp³-hybridized carbons (Fsp3) is 0.133. The number of hydrogen-bond donors (Lipinski definition) is 3. The molecule has 0 saturated heterocycles. The van der Waals surface area contributed by atoms with E-state index in [9.17, 15) is 13.2 Å². The summed E-state index contributed by atoms with van der Waals surface area (Å²) in [6.07, 6.45) is 5.20. The highest BCUT2D eigenvalue weighted by molar-refractivity contribution is 7.92. The van der Waals surface area contributed by atoms with Crippen molar-refractivity contribution in [2.24, 2.45) is 5.10 Å². The third-order valence-corrected chi connectivity index (χ3v) is 4.10. The van der Waals surface area contributed by atoms with Crippen molar-refractivity contribution >= 4 is 56.7 Å². The fourth-order valence-electron chi connectivity index (χ4n) is 1.84. The minimum atomic E-state index is -3.37.